The van der Waals surface area contributed by atoms with Gasteiger partial charge in [0.2, 0.25) is 0 Å². The summed E-state index contributed by atoms with van der Waals surface area (Å²) in [5.74, 6) is 5.55. The number of rotatable bonds is 4. The second-order valence-electron chi connectivity index (χ2n) is 4.00. The Bertz CT molecular complexity index is 774. The van der Waals surface area contributed by atoms with Crippen molar-refractivity contribution in [2.24, 2.45) is 0 Å². The van der Waals surface area contributed by atoms with E-state index in [9.17, 15) is 8.42 Å². The number of sulfonamides is 1. The Hall–Kier alpha value is -1.52. The Labute approximate surface area is 132 Å². The molecule has 2 N–H and O–H groups in total. The zero-order chi connectivity index (χ0) is 15.3. The zero-order valence-corrected chi connectivity index (χ0v) is 13.2. The Balaban J connectivity index is 2.34. The van der Waals surface area contributed by atoms with Crippen LogP contribution in [0.2, 0.25) is 5.02 Å². The summed E-state index contributed by atoms with van der Waals surface area (Å²) in [5.41, 5.74) is 0.828. The van der Waals surface area contributed by atoms with Crippen LogP contribution in [0.25, 0.3) is 0 Å². The quantitative estimate of drug-likeness (QED) is 0.840. The molecule has 0 aliphatic rings. The average molecular weight is 342 g/mol. The van der Waals surface area contributed by atoms with Crippen LogP contribution in [0.1, 0.15) is 12.0 Å². The largest absolute Gasteiger partial charge is 0.395 e. The van der Waals surface area contributed by atoms with Crippen molar-refractivity contribution in [1.29, 1.82) is 0 Å². The lowest BCUT2D eigenvalue weighted by molar-refractivity contribution is 0.305. The van der Waals surface area contributed by atoms with Gasteiger partial charge >= 0.3 is 0 Å². The summed E-state index contributed by atoms with van der Waals surface area (Å²) in [6, 6.07) is 7.93. The number of nitrogens with one attached hydrogen (secondary N) is 1. The van der Waals surface area contributed by atoms with Gasteiger partial charge in [0.1, 0.15) is 4.21 Å². The standard InChI is InChI=1S/C14H12ClNO3S2/c15-12-6-7-13(11(10-12)4-1-2-8-17)16-21(18,19)14-5-3-9-20-14/h3,5-7,9-10,16-17H,2,8H2. The molecule has 7 heteroatoms. The molecule has 0 atom stereocenters. The molecule has 0 spiro atoms. The van der Waals surface area contributed by atoms with Crippen molar-refractivity contribution < 1.29 is 13.5 Å². The van der Waals surface area contributed by atoms with Crippen molar-refractivity contribution in [1.82, 2.24) is 0 Å². The van der Waals surface area contributed by atoms with Crippen LogP contribution in [0.15, 0.2) is 39.9 Å². The highest BCUT2D eigenvalue weighted by Gasteiger charge is 2.16. The van der Waals surface area contributed by atoms with Crippen LogP contribution in [-0.4, -0.2) is 20.1 Å². The molecule has 2 aromatic rings. The van der Waals surface area contributed by atoms with E-state index in [0.29, 0.717) is 22.7 Å². The lowest BCUT2D eigenvalue weighted by Crippen LogP contribution is -2.12. The number of halogens is 1. The summed E-state index contributed by atoms with van der Waals surface area (Å²) < 4.78 is 27.1. The number of aliphatic hydroxyl groups excluding tert-OH is 1. The van der Waals surface area contributed by atoms with E-state index >= 15 is 0 Å². The molecule has 1 aromatic heterocycles. The van der Waals surface area contributed by atoms with Gasteiger partial charge in [-0.25, -0.2) is 8.42 Å². The zero-order valence-electron chi connectivity index (χ0n) is 10.8. The normalized spacial score (nSPS) is 10.8. The van der Waals surface area contributed by atoms with Crippen LogP contribution in [-0.2, 0) is 10.0 Å². The molecule has 0 radical (unpaired) electrons. The lowest BCUT2D eigenvalue weighted by Gasteiger charge is -2.08. The SMILES string of the molecule is O=S(=O)(Nc1ccc(Cl)cc1C#CCCO)c1cccs1. The molecule has 1 aromatic carbocycles. The molecule has 0 aliphatic heterocycles. The fourth-order valence-electron chi connectivity index (χ4n) is 1.53. The van der Waals surface area contributed by atoms with Gasteiger partial charge in [0.15, 0.2) is 0 Å². The molecule has 0 saturated heterocycles. The van der Waals surface area contributed by atoms with Gasteiger partial charge in [-0.15, -0.1) is 11.3 Å². The van der Waals surface area contributed by atoms with Crippen LogP contribution in [0, 0.1) is 11.8 Å². The van der Waals surface area contributed by atoms with Crippen molar-refractivity contribution in [3.05, 3.63) is 46.3 Å². The molecule has 0 amide bonds. The number of aliphatic hydroxyl groups is 1. The van der Waals surface area contributed by atoms with Crippen LogP contribution in [0.5, 0.6) is 0 Å². The van der Waals surface area contributed by atoms with Gasteiger partial charge in [0, 0.05) is 11.4 Å². The van der Waals surface area contributed by atoms with Gasteiger partial charge < -0.3 is 5.11 Å². The average Bonchev–Trinajstić information content (AvgIpc) is 2.97. The van der Waals surface area contributed by atoms with Crippen LogP contribution >= 0.6 is 22.9 Å². The summed E-state index contributed by atoms with van der Waals surface area (Å²) in [6.45, 7) is -0.0518. The molecule has 0 bridgehead atoms. The topological polar surface area (TPSA) is 66.4 Å². The number of hydrogen-bond donors (Lipinski definition) is 2. The van der Waals surface area contributed by atoms with Crippen LogP contribution < -0.4 is 4.72 Å². The highest BCUT2D eigenvalue weighted by Crippen LogP contribution is 2.24. The first kappa shape index (κ1) is 15.9. The van der Waals surface area contributed by atoms with E-state index in [1.165, 1.54) is 6.07 Å². The molecule has 4 nitrogen and oxygen atoms in total. The second-order valence-corrected chi connectivity index (χ2v) is 7.30. The van der Waals surface area contributed by atoms with Crippen LogP contribution in [0.3, 0.4) is 0 Å². The summed E-state index contributed by atoms with van der Waals surface area (Å²) in [6.07, 6.45) is 0.309. The van der Waals surface area contributed by atoms with Crippen molar-refractivity contribution >= 4 is 38.6 Å². The lowest BCUT2D eigenvalue weighted by atomic mass is 10.2. The van der Waals surface area contributed by atoms with Gasteiger partial charge in [0.25, 0.3) is 10.0 Å². The summed E-state index contributed by atoms with van der Waals surface area (Å²) in [5, 5.41) is 10.9. The highest BCUT2D eigenvalue weighted by molar-refractivity contribution is 7.94. The Morgan fingerprint density at radius 2 is 2.14 bits per heavy atom. The van der Waals surface area contributed by atoms with Gasteiger partial charge in [-0.2, -0.15) is 0 Å². The third-order valence-electron chi connectivity index (χ3n) is 2.45. The van der Waals surface area contributed by atoms with E-state index in [1.807, 2.05) is 0 Å². The van der Waals surface area contributed by atoms with E-state index in [-0.39, 0.29) is 10.8 Å². The number of benzene rings is 1. The first-order valence-corrected chi connectivity index (χ1v) is 8.72. The molecule has 0 fully saturated rings. The highest BCUT2D eigenvalue weighted by atomic mass is 35.5. The maximum Gasteiger partial charge on any atom is 0.271 e. The summed E-state index contributed by atoms with van der Waals surface area (Å²) in [4.78, 5) is 0. The van der Waals surface area contributed by atoms with Crippen molar-refractivity contribution in [2.45, 2.75) is 10.6 Å². The van der Waals surface area contributed by atoms with Gasteiger partial charge in [-0.3, -0.25) is 4.72 Å². The maximum atomic E-state index is 12.2. The predicted molar refractivity (Wildman–Crippen MR) is 85.2 cm³/mol. The molecule has 21 heavy (non-hydrogen) atoms. The number of anilines is 1. The minimum absolute atomic E-state index is 0.0518. The van der Waals surface area contributed by atoms with Crippen molar-refractivity contribution in [3.8, 4) is 11.8 Å². The number of hydrogen-bond acceptors (Lipinski definition) is 4. The summed E-state index contributed by atoms with van der Waals surface area (Å²) >= 11 is 7.04. The Morgan fingerprint density at radius 3 is 2.81 bits per heavy atom. The Morgan fingerprint density at radius 1 is 1.33 bits per heavy atom. The fourth-order valence-corrected chi connectivity index (χ4v) is 3.78. The first-order chi connectivity index (χ1) is 10.0. The van der Waals surface area contributed by atoms with Gasteiger partial charge in [-0.05, 0) is 29.6 Å². The monoisotopic (exact) mass is 341 g/mol. The Kier molecular flexibility index (Phi) is 5.26. The van der Waals surface area contributed by atoms with E-state index in [0.717, 1.165) is 11.3 Å². The van der Waals surface area contributed by atoms with Crippen molar-refractivity contribution in [3.63, 3.8) is 0 Å². The third kappa shape index (κ3) is 4.22. The molecule has 2 rings (SSSR count). The van der Waals surface area contributed by atoms with E-state index in [1.54, 1.807) is 29.6 Å². The van der Waals surface area contributed by atoms with E-state index < -0.39 is 10.0 Å². The third-order valence-corrected chi connectivity index (χ3v) is 5.44. The van der Waals surface area contributed by atoms with Gasteiger partial charge in [-0.1, -0.05) is 29.5 Å². The minimum Gasteiger partial charge on any atom is -0.395 e. The maximum absolute atomic E-state index is 12.2. The second kappa shape index (κ2) is 6.96. The minimum atomic E-state index is -3.63. The predicted octanol–water partition coefficient (Wildman–Crippen LogP) is 2.94. The molecular formula is C14H12ClNO3S2. The number of thiophene rings is 1. The molecule has 1 heterocycles. The fraction of sp³-hybridized carbons (Fsp3) is 0.143. The smallest absolute Gasteiger partial charge is 0.271 e. The molecular weight excluding hydrogens is 330 g/mol. The van der Waals surface area contributed by atoms with E-state index in [2.05, 4.69) is 16.6 Å². The molecule has 0 unspecified atom stereocenters. The van der Waals surface area contributed by atoms with E-state index in [4.69, 9.17) is 16.7 Å². The molecule has 110 valence electrons. The molecule has 0 aliphatic carbocycles. The molecule has 0 saturated carbocycles. The summed E-state index contributed by atoms with van der Waals surface area (Å²) in [7, 11) is -3.63. The van der Waals surface area contributed by atoms with Gasteiger partial charge in [0.05, 0.1) is 17.9 Å². The van der Waals surface area contributed by atoms with Crippen LogP contribution in [0.4, 0.5) is 5.69 Å². The first-order valence-electron chi connectivity index (χ1n) is 5.98. The van der Waals surface area contributed by atoms with Crippen molar-refractivity contribution in [2.75, 3.05) is 11.3 Å².